The molecule has 0 unspecified atom stereocenters. The third-order valence-corrected chi connectivity index (χ3v) is 4.50. The van der Waals surface area contributed by atoms with Gasteiger partial charge in [0.2, 0.25) is 0 Å². The van der Waals surface area contributed by atoms with Gasteiger partial charge in [0.25, 0.3) is 0 Å². The first-order valence-corrected chi connectivity index (χ1v) is 9.50. The zero-order valence-corrected chi connectivity index (χ0v) is 14.0. The summed E-state index contributed by atoms with van der Waals surface area (Å²) in [5.74, 6) is -0.269. The number of benzene rings is 2. The van der Waals surface area contributed by atoms with E-state index < -0.39 is 9.84 Å². The molecular formula is C18H17FN2O2S. The van der Waals surface area contributed by atoms with Crippen LogP contribution in [0.5, 0.6) is 0 Å². The van der Waals surface area contributed by atoms with Gasteiger partial charge in [-0.2, -0.15) is 0 Å². The Labute approximate surface area is 140 Å². The van der Waals surface area contributed by atoms with Crippen LogP contribution >= 0.6 is 0 Å². The molecule has 0 aliphatic rings. The number of nitrogens with zero attached hydrogens (tertiary/aromatic N) is 1. The summed E-state index contributed by atoms with van der Waals surface area (Å²) in [6.07, 6.45) is 2.86. The minimum Gasteiger partial charge on any atom is -0.380 e. The van der Waals surface area contributed by atoms with Crippen molar-refractivity contribution in [3.05, 3.63) is 71.7 Å². The Kier molecular flexibility index (Phi) is 4.49. The summed E-state index contributed by atoms with van der Waals surface area (Å²) in [5, 5.41) is 4.16. The highest BCUT2D eigenvalue weighted by Gasteiger charge is 2.05. The third-order valence-electron chi connectivity index (χ3n) is 3.64. The number of aromatic nitrogens is 1. The standard InChI is InChI=1S/C18H17FN2O2S/c1-24(22,23)12-14-4-2-13(3-5-14)11-21-17-8-9-20-18-10-15(19)6-7-16(17)18/h2-10H,11-12H2,1H3,(H,20,21). The van der Waals surface area contributed by atoms with Crippen molar-refractivity contribution in [1.29, 1.82) is 0 Å². The van der Waals surface area contributed by atoms with Crippen molar-refractivity contribution < 1.29 is 12.8 Å². The summed E-state index contributed by atoms with van der Waals surface area (Å²) < 4.78 is 35.9. The van der Waals surface area contributed by atoms with Gasteiger partial charge >= 0.3 is 0 Å². The number of pyridine rings is 1. The molecule has 0 radical (unpaired) electrons. The first-order chi connectivity index (χ1) is 11.4. The van der Waals surface area contributed by atoms with Crippen molar-refractivity contribution >= 4 is 26.4 Å². The average molecular weight is 344 g/mol. The molecule has 24 heavy (non-hydrogen) atoms. The second-order valence-corrected chi connectivity index (χ2v) is 7.90. The summed E-state index contributed by atoms with van der Waals surface area (Å²) in [7, 11) is -3.03. The number of hydrogen-bond donors (Lipinski definition) is 1. The quantitative estimate of drug-likeness (QED) is 0.769. The monoisotopic (exact) mass is 344 g/mol. The van der Waals surface area contributed by atoms with Crippen molar-refractivity contribution in [3.63, 3.8) is 0 Å². The molecule has 0 aliphatic heterocycles. The summed E-state index contributed by atoms with van der Waals surface area (Å²) in [6, 6.07) is 13.8. The van der Waals surface area contributed by atoms with Gasteiger partial charge in [0.1, 0.15) is 5.82 Å². The number of rotatable bonds is 5. The molecule has 6 heteroatoms. The van der Waals surface area contributed by atoms with Gasteiger partial charge in [-0.3, -0.25) is 4.98 Å². The maximum Gasteiger partial charge on any atom is 0.151 e. The first-order valence-electron chi connectivity index (χ1n) is 7.44. The van der Waals surface area contributed by atoms with Crippen LogP contribution in [-0.4, -0.2) is 19.7 Å². The van der Waals surface area contributed by atoms with Crippen molar-refractivity contribution in [2.24, 2.45) is 0 Å². The van der Waals surface area contributed by atoms with E-state index in [1.165, 1.54) is 18.4 Å². The molecule has 0 saturated heterocycles. The molecule has 0 atom stereocenters. The minimum absolute atomic E-state index is 0.0429. The van der Waals surface area contributed by atoms with Gasteiger partial charge in [0.05, 0.1) is 11.3 Å². The van der Waals surface area contributed by atoms with Crippen LogP contribution in [0.2, 0.25) is 0 Å². The number of sulfone groups is 1. The van der Waals surface area contributed by atoms with E-state index in [-0.39, 0.29) is 11.6 Å². The zero-order valence-electron chi connectivity index (χ0n) is 13.2. The molecule has 0 saturated carbocycles. The lowest BCUT2D eigenvalue weighted by molar-refractivity contribution is 0.601. The molecule has 1 N–H and O–H groups in total. The van der Waals surface area contributed by atoms with E-state index in [9.17, 15) is 12.8 Å². The van der Waals surface area contributed by atoms with Crippen molar-refractivity contribution in [2.75, 3.05) is 11.6 Å². The topological polar surface area (TPSA) is 59.1 Å². The zero-order chi connectivity index (χ0) is 17.2. The van der Waals surface area contributed by atoms with Crippen molar-refractivity contribution in [2.45, 2.75) is 12.3 Å². The second-order valence-electron chi connectivity index (χ2n) is 5.76. The molecule has 1 aromatic heterocycles. The Balaban J connectivity index is 1.74. The van der Waals surface area contributed by atoms with Gasteiger partial charge in [0, 0.05) is 36.1 Å². The number of nitrogens with one attached hydrogen (secondary N) is 1. The fourth-order valence-electron chi connectivity index (χ4n) is 2.53. The van der Waals surface area contributed by atoms with Crippen LogP contribution < -0.4 is 5.32 Å². The van der Waals surface area contributed by atoms with E-state index in [4.69, 9.17) is 0 Å². The second kappa shape index (κ2) is 6.57. The van der Waals surface area contributed by atoms with Gasteiger partial charge in [-0.25, -0.2) is 12.8 Å². The maximum atomic E-state index is 13.3. The summed E-state index contributed by atoms with van der Waals surface area (Å²) in [4.78, 5) is 4.17. The molecule has 4 nitrogen and oxygen atoms in total. The predicted octanol–water partition coefficient (Wildman–Crippen LogP) is 3.53. The van der Waals surface area contributed by atoms with E-state index in [1.54, 1.807) is 12.3 Å². The average Bonchev–Trinajstić information content (AvgIpc) is 2.52. The van der Waals surface area contributed by atoms with Crippen LogP contribution in [0, 0.1) is 5.82 Å². The number of anilines is 1. The lowest BCUT2D eigenvalue weighted by atomic mass is 10.1. The number of hydrogen-bond acceptors (Lipinski definition) is 4. The van der Waals surface area contributed by atoms with E-state index in [1.807, 2.05) is 30.3 Å². The van der Waals surface area contributed by atoms with Gasteiger partial charge in [0.15, 0.2) is 9.84 Å². The SMILES string of the molecule is CS(=O)(=O)Cc1ccc(CNc2ccnc3cc(F)ccc23)cc1. The minimum atomic E-state index is -3.03. The molecule has 0 amide bonds. The van der Waals surface area contributed by atoms with E-state index >= 15 is 0 Å². The number of fused-ring (bicyclic) bond motifs is 1. The maximum absolute atomic E-state index is 13.3. The highest BCUT2D eigenvalue weighted by Crippen LogP contribution is 2.22. The Hall–Kier alpha value is -2.47. The molecule has 3 aromatic rings. The van der Waals surface area contributed by atoms with Crippen LogP contribution in [0.3, 0.4) is 0 Å². The molecule has 0 fully saturated rings. The fraction of sp³-hybridized carbons (Fsp3) is 0.167. The van der Waals surface area contributed by atoms with Crippen LogP contribution in [0.1, 0.15) is 11.1 Å². The normalized spacial score (nSPS) is 11.6. The van der Waals surface area contributed by atoms with Crippen LogP contribution in [0.4, 0.5) is 10.1 Å². The Morgan fingerprint density at radius 3 is 2.46 bits per heavy atom. The largest absolute Gasteiger partial charge is 0.380 e. The summed E-state index contributed by atoms with van der Waals surface area (Å²) in [6.45, 7) is 0.579. The van der Waals surface area contributed by atoms with Crippen molar-refractivity contribution in [1.82, 2.24) is 4.98 Å². The van der Waals surface area contributed by atoms with E-state index in [0.29, 0.717) is 12.1 Å². The van der Waals surface area contributed by atoms with Gasteiger partial charge in [-0.15, -0.1) is 0 Å². The van der Waals surface area contributed by atoms with Gasteiger partial charge in [-0.1, -0.05) is 24.3 Å². The summed E-state index contributed by atoms with van der Waals surface area (Å²) in [5.41, 5.74) is 3.27. The van der Waals surface area contributed by atoms with Crippen molar-refractivity contribution in [3.8, 4) is 0 Å². The molecule has 124 valence electrons. The molecule has 0 bridgehead atoms. The molecular weight excluding hydrogens is 327 g/mol. The Bertz CT molecular complexity index is 970. The molecule has 2 aromatic carbocycles. The first kappa shape index (κ1) is 16.4. The summed E-state index contributed by atoms with van der Waals surface area (Å²) >= 11 is 0. The highest BCUT2D eigenvalue weighted by molar-refractivity contribution is 7.89. The molecule has 1 heterocycles. The van der Waals surface area contributed by atoms with E-state index in [0.717, 1.165) is 22.2 Å². The predicted molar refractivity (Wildman–Crippen MR) is 94.0 cm³/mol. The smallest absolute Gasteiger partial charge is 0.151 e. The lowest BCUT2D eigenvalue weighted by Gasteiger charge is -2.10. The number of halogens is 1. The van der Waals surface area contributed by atoms with Gasteiger partial charge in [-0.05, 0) is 29.3 Å². The Morgan fingerprint density at radius 2 is 1.75 bits per heavy atom. The van der Waals surface area contributed by atoms with Gasteiger partial charge < -0.3 is 5.32 Å². The molecule has 0 aliphatic carbocycles. The third kappa shape index (κ3) is 4.08. The van der Waals surface area contributed by atoms with E-state index in [2.05, 4.69) is 10.3 Å². The van der Waals surface area contributed by atoms with Crippen LogP contribution in [0.15, 0.2) is 54.7 Å². The highest BCUT2D eigenvalue weighted by atomic mass is 32.2. The lowest BCUT2D eigenvalue weighted by Crippen LogP contribution is -2.03. The van der Waals surface area contributed by atoms with Crippen LogP contribution in [0.25, 0.3) is 10.9 Å². The molecule has 0 spiro atoms. The Morgan fingerprint density at radius 1 is 1.04 bits per heavy atom. The fourth-order valence-corrected chi connectivity index (χ4v) is 3.33. The molecule has 3 rings (SSSR count). The van der Waals surface area contributed by atoms with Crippen LogP contribution in [-0.2, 0) is 22.1 Å².